The number of carbonyl (C=O) groups excluding carboxylic acids is 1. The fourth-order valence-electron chi connectivity index (χ4n) is 3.04. The van der Waals surface area contributed by atoms with Crippen molar-refractivity contribution in [3.63, 3.8) is 0 Å². The van der Waals surface area contributed by atoms with Crippen LogP contribution in [0.1, 0.15) is 11.1 Å². The highest BCUT2D eigenvalue weighted by Crippen LogP contribution is 2.25. The molecule has 2 aromatic carbocycles. The number of ether oxygens (including phenoxy) is 1. The third kappa shape index (κ3) is 4.38. The number of nitrogens with zero attached hydrogens (tertiary/aromatic N) is 3. The van der Waals surface area contributed by atoms with Gasteiger partial charge < -0.3 is 10.1 Å². The average Bonchev–Trinajstić information content (AvgIpc) is 2.78. The number of fused-ring (bicyclic) bond motifs is 1. The molecule has 29 heavy (non-hydrogen) atoms. The number of hydrogen-bond donors (Lipinski definition) is 1. The Kier molecular flexibility index (Phi) is 5.42. The molecule has 1 N–H and O–H groups in total. The first-order valence-electron chi connectivity index (χ1n) is 9.28. The highest BCUT2D eigenvalue weighted by molar-refractivity contribution is 5.90. The standard InChI is InChI=1S/C23H20N4O2/c1-29-21(28)13-16-8-10-17(11-9-16)14-25-23-19-6-2-3-7-20(19)26-22(27-23)18-5-4-12-24-15-18/h2-12,15H,13-14H2,1H3,(H,25,26,27). The summed E-state index contributed by atoms with van der Waals surface area (Å²) in [5, 5.41) is 4.38. The van der Waals surface area contributed by atoms with Gasteiger partial charge in [-0.2, -0.15) is 0 Å². The van der Waals surface area contributed by atoms with Gasteiger partial charge in [-0.25, -0.2) is 9.97 Å². The molecule has 0 saturated heterocycles. The molecule has 0 amide bonds. The number of nitrogens with one attached hydrogen (secondary N) is 1. The second kappa shape index (κ2) is 8.48. The summed E-state index contributed by atoms with van der Waals surface area (Å²) in [7, 11) is 1.40. The van der Waals surface area contributed by atoms with E-state index in [1.165, 1.54) is 7.11 Å². The first-order valence-corrected chi connectivity index (χ1v) is 9.28. The zero-order valence-electron chi connectivity index (χ0n) is 16.0. The Morgan fingerprint density at radius 2 is 1.76 bits per heavy atom. The first kappa shape index (κ1) is 18.6. The van der Waals surface area contributed by atoms with Crippen molar-refractivity contribution >= 4 is 22.7 Å². The summed E-state index contributed by atoms with van der Waals surface area (Å²) in [4.78, 5) is 25.0. The van der Waals surface area contributed by atoms with Crippen LogP contribution in [0.3, 0.4) is 0 Å². The van der Waals surface area contributed by atoms with Crippen molar-refractivity contribution in [2.45, 2.75) is 13.0 Å². The van der Waals surface area contributed by atoms with Crippen molar-refractivity contribution in [1.29, 1.82) is 0 Å². The number of aromatic nitrogens is 3. The van der Waals surface area contributed by atoms with E-state index in [0.717, 1.165) is 33.4 Å². The molecule has 0 unspecified atom stereocenters. The minimum Gasteiger partial charge on any atom is -0.469 e. The molecule has 144 valence electrons. The molecule has 0 bridgehead atoms. The maximum absolute atomic E-state index is 11.4. The zero-order chi connectivity index (χ0) is 20.1. The highest BCUT2D eigenvalue weighted by atomic mass is 16.5. The number of methoxy groups -OCH3 is 1. The SMILES string of the molecule is COC(=O)Cc1ccc(CNc2nc(-c3cccnc3)nc3ccccc23)cc1. The van der Waals surface area contributed by atoms with Crippen LogP contribution in [-0.4, -0.2) is 28.0 Å². The topological polar surface area (TPSA) is 77.0 Å². The van der Waals surface area contributed by atoms with Crippen LogP contribution >= 0.6 is 0 Å². The molecule has 0 spiro atoms. The minimum absolute atomic E-state index is 0.244. The lowest BCUT2D eigenvalue weighted by atomic mass is 10.1. The summed E-state index contributed by atoms with van der Waals surface area (Å²) in [6.07, 6.45) is 3.76. The molecule has 0 radical (unpaired) electrons. The van der Waals surface area contributed by atoms with E-state index in [0.29, 0.717) is 12.4 Å². The predicted molar refractivity (Wildman–Crippen MR) is 112 cm³/mol. The largest absolute Gasteiger partial charge is 0.469 e. The summed E-state index contributed by atoms with van der Waals surface area (Å²) < 4.78 is 4.71. The van der Waals surface area contributed by atoms with Gasteiger partial charge in [0.25, 0.3) is 0 Å². The van der Waals surface area contributed by atoms with E-state index in [4.69, 9.17) is 9.72 Å². The molecule has 0 aliphatic heterocycles. The summed E-state index contributed by atoms with van der Waals surface area (Å²) in [6, 6.07) is 19.6. The maximum Gasteiger partial charge on any atom is 0.309 e. The first-order chi connectivity index (χ1) is 14.2. The Bertz CT molecular complexity index is 1130. The summed E-state index contributed by atoms with van der Waals surface area (Å²) in [5.74, 6) is 1.16. The summed E-state index contributed by atoms with van der Waals surface area (Å²) in [5.41, 5.74) is 3.75. The third-order valence-electron chi connectivity index (χ3n) is 4.58. The molecule has 0 aliphatic carbocycles. The number of hydrogen-bond acceptors (Lipinski definition) is 6. The maximum atomic E-state index is 11.4. The molecule has 0 saturated carbocycles. The van der Waals surface area contributed by atoms with Crippen molar-refractivity contribution in [3.05, 3.63) is 84.2 Å². The molecular weight excluding hydrogens is 364 g/mol. The molecule has 6 nitrogen and oxygen atoms in total. The Hall–Kier alpha value is -3.80. The highest BCUT2D eigenvalue weighted by Gasteiger charge is 2.09. The van der Waals surface area contributed by atoms with E-state index in [1.54, 1.807) is 12.4 Å². The average molecular weight is 384 g/mol. The lowest BCUT2D eigenvalue weighted by Gasteiger charge is -2.11. The molecular formula is C23H20N4O2. The Balaban J connectivity index is 1.58. The van der Waals surface area contributed by atoms with Crippen molar-refractivity contribution in [2.75, 3.05) is 12.4 Å². The van der Waals surface area contributed by atoms with Gasteiger partial charge in [-0.15, -0.1) is 0 Å². The van der Waals surface area contributed by atoms with Gasteiger partial charge in [0.2, 0.25) is 0 Å². The molecule has 4 aromatic rings. The minimum atomic E-state index is -0.244. The molecule has 4 rings (SSSR count). The fraction of sp³-hybridized carbons (Fsp3) is 0.130. The van der Waals surface area contributed by atoms with Crippen LogP contribution in [0.4, 0.5) is 5.82 Å². The number of carbonyl (C=O) groups is 1. The van der Waals surface area contributed by atoms with Gasteiger partial charge in [0.15, 0.2) is 5.82 Å². The van der Waals surface area contributed by atoms with E-state index in [2.05, 4.69) is 15.3 Å². The van der Waals surface area contributed by atoms with E-state index < -0.39 is 0 Å². The molecule has 0 fully saturated rings. The lowest BCUT2D eigenvalue weighted by Crippen LogP contribution is -2.06. The third-order valence-corrected chi connectivity index (χ3v) is 4.58. The quantitative estimate of drug-likeness (QED) is 0.506. The normalized spacial score (nSPS) is 10.7. The summed E-state index contributed by atoms with van der Waals surface area (Å²) >= 11 is 0. The van der Waals surface area contributed by atoms with E-state index in [-0.39, 0.29) is 12.4 Å². The zero-order valence-corrected chi connectivity index (χ0v) is 16.0. The molecule has 6 heteroatoms. The number of para-hydroxylation sites is 1. The fourth-order valence-corrected chi connectivity index (χ4v) is 3.04. The van der Waals surface area contributed by atoms with E-state index in [1.807, 2.05) is 60.7 Å². The second-order valence-corrected chi connectivity index (χ2v) is 6.58. The van der Waals surface area contributed by atoms with Crippen molar-refractivity contribution in [2.24, 2.45) is 0 Å². The number of rotatable bonds is 6. The molecule has 0 atom stereocenters. The van der Waals surface area contributed by atoms with Crippen molar-refractivity contribution in [1.82, 2.24) is 15.0 Å². The van der Waals surface area contributed by atoms with Gasteiger partial charge in [-0.3, -0.25) is 9.78 Å². The van der Waals surface area contributed by atoms with Crippen LogP contribution in [-0.2, 0) is 22.5 Å². The van der Waals surface area contributed by atoms with Crippen LogP contribution in [0.15, 0.2) is 73.1 Å². The van der Waals surface area contributed by atoms with E-state index in [9.17, 15) is 4.79 Å². The Labute approximate surface area is 168 Å². The molecule has 0 aliphatic rings. The molecule has 2 aromatic heterocycles. The van der Waals surface area contributed by atoms with Crippen LogP contribution in [0.5, 0.6) is 0 Å². The van der Waals surface area contributed by atoms with Crippen LogP contribution in [0.2, 0.25) is 0 Å². The number of anilines is 1. The van der Waals surface area contributed by atoms with Crippen LogP contribution < -0.4 is 5.32 Å². The van der Waals surface area contributed by atoms with Gasteiger partial charge in [-0.05, 0) is 35.4 Å². The van der Waals surface area contributed by atoms with Gasteiger partial charge in [0.05, 0.1) is 19.0 Å². The number of esters is 1. The van der Waals surface area contributed by atoms with Crippen LogP contribution in [0, 0.1) is 0 Å². The van der Waals surface area contributed by atoms with Gasteiger partial charge in [0, 0.05) is 29.9 Å². The number of pyridine rings is 1. The Morgan fingerprint density at radius 3 is 2.52 bits per heavy atom. The van der Waals surface area contributed by atoms with Crippen LogP contribution in [0.25, 0.3) is 22.3 Å². The summed E-state index contributed by atoms with van der Waals surface area (Å²) in [6.45, 7) is 0.603. The van der Waals surface area contributed by atoms with Crippen molar-refractivity contribution in [3.8, 4) is 11.4 Å². The Morgan fingerprint density at radius 1 is 0.966 bits per heavy atom. The molecule has 2 heterocycles. The van der Waals surface area contributed by atoms with Crippen molar-refractivity contribution < 1.29 is 9.53 Å². The van der Waals surface area contributed by atoms with Gasteiger partial charge in [0.1, 0.15) is 5.82 Å². The van der Waals surface area contributed by atoms with E-state index >= 15 is 0 Å². The smallest absolute Gasteiger partial charge is 0.309 e. The predicted octanol–water partition coefficient (Wildman–Crippen LogP) is 4.02. The second-order valence-electron chi connectivity index (χ2n) is 6.58. The van der Waals surface area contributed by atoms with Gasteiger partial charge >= 0.3 is 5.97 Å². The lowest BCUT2D eigenvalue weighted by molar-refractivity contribution is -0.139. The number of benzene rings is 2. The van der Waals surface area contributed by atoms with Gasteiger partial charge in [-0.1, -0.05) is 36.4 Å². The monoisotopic (exact) mass is 384 g/mol.